The van der Waals surface area contributed by atoms with Crippen LogP contribution >= 0.6 is 11.3 Å². The third kappa shape index (κ3) is 3.47. The quantitative estimate of drug-likeness (QED) is 0.897. The predicted octanol–water partition coefficient (Wildman–Crippen LogP) is 1.78. The fourth-order valence-corrected chi connectivity index (χ4v) is 3.71. The molecule has 22 heavy (non-hydrogen) atoms. The molecular weight excluding hydrogens is 300 g/mol. The molecule has 1 fully saturated rings. The van der Waals surface area contributed by atoms with Crippen LogP contribution in [0.5, 0.6) is 0 Å². The van der Waals surface area contributed by atoms with Crippen molar-refractivity contribution in [3.8, 4) is 0 Å². The fourth-order valence-electron chi connectivity index (χ4n) is 3.05. The molecule has 7 heteroatoms. The average molecular weight is 322 g/mol. The van der Waals surface area contributed by atoms with E-state index in [9.17, 15) is 4.79 Å². The van der Waals surface area contributed by atoms with Gasteiger partial charge in [-0.05, 0) is 25.8 Å². The third-order valence-corrected chi connectivity index (χ3v) is 4.86. The highest BCUT2D eigenvalue weighted by Crippen LogP contribution is 2.34. The van der Waals surface area contributed by atoms with Crippen LogP contribution in [0.4, 0.5) is 0 Å². The summed E-state index contributed by atoms with van der Waals surface area (Å²) in [5.74, 6) is -0.0872. The van der Waals surface area contributed by atoms with E-state index in [2.05, 4.69) is 20.4 Å². The number of rotatable bonds is 5. The monoisotopic (exact) mass is 322 g/mol. The Morgan fingerprint density at radius 1 is 1.59 bits per heavy atom. The maximum Gasteiger partial charge on any atom is 0.269 e. The maximum absolute atomic E-state index is 12.0. The van der Waals surface area contributed by atoms with Crippen LogP contribution in [0, 0.1) is 0 Å². The van der Waals surface area contributed by atoms with Crippen LogP contribution in [-0.2, 0) is 16.2 Å². The van der Waals surface area contributed by atoms with Gasteiger partial charge in [0.25, 0.3) is 5.91 Å². The van der Waals surface area contributed by atoms with Crippen LogP contribution < -0.4 is 5.32 Å². The number of amides is 1. The Kier molecular flexibility index (Phi) is 4.73. The van der Waals surface area contributed by atoms with Gasteiger partial charge in [-0.15, -0.1) is 11.3 Å². The molecule has 1 aromatic heterocycles. The minimum Gasteiger partial charge on any atom is -0.387 e. The second-order valence-corrected chi connectivity index (χ2v) is 6.96. The van der Waals surface area contributed by atoms with Crippen molar-refractivity contribution in [2.45, 2.75) is 44.8 Å². The van der Waals surface area contributed by atoms with E-state index in [4.69, 9.17) is 4.84 Å². The highest BCUT2D eigenvalue weighted by molar-refractivity contribution is 7.09. The van der Waals surface area contributed by atoms with Gasteiger partial charge >= 0.3 is 0 Å². The zero-order chi connectivity index (χ0) is 15.4. The summed E-state index contributed by atoms with van der Waals surface area (Å²) in [4.78, 5) is 24.4. The third-order valence-electron chi connectivity index (χ3n) is 4.10. The number of aromatic nitrogens is 1. The van der Waals surface area contributed by atoms with Gasteiger partial charge in [0.2, 0.25) is 0 Å². The molecule has 0 saturated carbocycles. The van der Waals surface area contributed by atoms with Gasteiger partial charge in [0, 0.05) is 31.1 Å². The number of piperidine rings is 1. The summed E-state index contributed by atoms with van der Waals surface area (Å²) >= 11 is 1.68. The first kappa shape index (κ1) is 15.4. The summed E-state index contributed by atoms with van der Waals surface area (Å²) < 4.78 is 0. The minimum atomic E-state index is -0.325. The topological polar surface area (TPSA) is 66.8 Å². The molecule has 0 aromatic carbocycles. The smallest absolute Gasteiger partial charge is 0.269 e. The first-order chi connectivity index (χ1) is 10.7. The highest BCUT2D eigenvalue weighted by Gasteiger charge is 2.44. The summed E-state index contributed by atoms with van der Waals surface area (Å²) in [6.07, 6.45) is 5.38. The van der Waals surface area contributed by atoms with E-state index < -0.39 is 0 Å². The number of thiazole rings is 1. The normalized spacial score (nSPS) is 25.0. The van der Waals surface area contributed by atoms with Gasteiger partial charge in [-0.3, -0.25) is 9.69 Å². The molecule has 1 aromatic rings. The second-order valence-electron chi connectivity index (χ2n) is 5.99. The van der Waals surface area contributed by atoms with Gasteiger partial charge in [0.1, 0.15) is 10.7 Å². The number of carbonyl (C=O) groups is 1. The van der Waals surface area contributed by atoms with E-state index in [-0.39, 0.29) is 11.5 Å². The maximum atomic E-state index is 12.0. The number of hydrogen-bond acceptors (Lipinski definition) is 6. The summed E-state index contributed by atoms with van der Waals surface area (Å²) in [6, 6.07) is 0. The highest BCUT2D eigenvalue weighted by atomic mass is 32.1. The van der Waals surface area contributed by atoms with E-state index in [1.165, 1.54) is 0 Å². The number of oxime groups is 1. The van der Waals surface area contributed by atoms with Gasteiger partial charge in [0.15, 0.2) is 5.60 Å². The van der Waals surface area contributed by atoms with Crippen molar-refractivity contribution >= 4 is 23.0 Å². The molecule has 2 aliphatic rings. The second kappa shape index (κ2) is 6.75. The molecule has 120 valence electrons. The summed E-state index contributed by atoms with van der Waals surface area (Å²) in [5, 5.41) is 10.1. The molecule has 1 atom stereocenters. The van der Waals surface area contributed by atoms with E-state index in [0.717, 1.165) is 43.9 Å². The lowest BCUT2D eigenvalue weighted by Crippen LogP contribution is -2.48. The van der Waals surface area contributed by atoms with Crippen LogP contribution in [0.1, 0.15) is 37.6 Å². The lowest BCUT2D eigenvalue weighted by Gasteiger charge is -2.37. The van der Waals surface area contributed by atoms with Gasteiger partial charge < -0.3 is 10.2 Å². The number of carbonyl (C=O) groups excluding carboxylic acids is 1. The van der Waals surface area contributed by atoms with Gasteiger partial charge in [-0.2, -0.15) is 0 Å². The fraction of sp³-hybridized carbons (Fsp3) is 0.667. The van der Waals surface area contributed by atoms with Crippen molar-refractivity contribution in [3.63, 3.8) is 0 Å². The molecule has 2 aliphatic heterocycles. The van der Waals surface area contributed by atoms with Crippen molar-refractivity contribution < 1.29 is 9.63 Å². The van der Waals surface area contributed by atoms with Gasteiger partial charge in [0.05, 0.1) is 6.54 Å². The molecule has 3 rings (SSSR count). The summed E-state index contributed by atoms with van der Waals surface area (Å²) in [5.41, 5.74) is 0.207. The molecule has 1 saturated heterocycles. The summed E-state index contributed by atoms with van der Waals surface area (Å²) in [7, 11) is 0. The Labute approximate surface area is 134 Å². The first-order valence-corrected chi connectivity index (χ1v) is 8.73. The Hall–Kier alpha value is -1.47. The Morgan fingerprint density at radius 3 is 3.27 bits per heavy atom. The molecule has 1 spiro atoms. The van der Waals surface area contributed by atoms with Crippen LogP contribution in [0.3, 0.4) is 0 Å². The number of likely N-dealkylation sites (tertiary alicyclic amines) is 1. The molecule has 0 radical (unpaired) electrons. The standard InChI is InChI=1S/C15H22N4O2S/c1-2-5-17-14(20)12-9-15(21-18-12)4-3-7-19(11-15)10-13-16-6-8-22-13/h6,8H,2-5,7,9-11H2,1H3,(H,17,20)/t15-/m1/s1. The average Bonchev–Trinajstić information content (AvgIpc) is 3.15. The lowest BCUT2D eigenvalue weighted by molar-refractivity contribution is -0.114. The van der Waals surface area contributed by atoms with Crippen LogP contribution in [0.25, 0.3) is 0 Å². The van der Waals surface area contributed by atoms with Crippen molar-refractivity contribution in [1.82, 2.24) is 15.2 Å². The van der Waals surface area contributed by atoms with Crippen LogP contribution in [0.15, 0.2) is 16.7 Å². The van der Waals surface area contributed by atoms with E-state index in [1.54, 1.807) is 11.3 Å². The van der Waals surface area contributed by atoms with Crippen molar-refractivity contribution in [2.75, 3.05) is 19.6 Å². The zero-order valence-electron chi connectivity index (χ0n) is 12.9. The largest absolute Gasteiger partial charge is 0.387 e. The van der Waals surface area contributed by atoms with Gasteiger partial charge in [-0.25, -0.2) is 4.98 Å². The minimum absolute atomic E-state index is 0.0872. The molecule has 6 nitrogen and oxygen atoms in total. The molecule has 1 N–H and O–H groups in total. The number of nitrogens with one attached hydrogen (secondary N) is 1. The van der Waals surface area contributed by atoms with Crippen molar-refractivity contribution in [3.05, 3.63) is 16.6 Å². The van der Waals surface area contributed by atoms with E-state index in [1.807, 2.05) is 18.5 Å². The molecule has 1 amide bonds. The molecule has 0 unspecified atom stereocenters. The van der Waals surface area contributed by atoms with Gasteiger partial charge in [-0.1, -0.05) is 12.1 Å². The molecule has 0 aliphatic carbocycles. The number of hydrogen-bond donors (Lipinski definition) is 1. The molecular formula is C15H22N4O2S. The first-order valence-electron chi connectivity index (χ1n) is 7.85. The Balaban J connectivity index is 1.57. The summed E-state index contributed by atoms with van der Waals surface area (Å²) in [6.45, 7) is 5.41. The molecule has 3 heterocycles. The zero-order valence-corrected chi connectivity index (χ0v) is 13.7. The van der Waals surface area contributed by atoms with Crippen LogP contribution in [0.2, 0.25) is 0 Å². The number of nitrogens with zero attached hydrogens (tertiary/aromatic N) is 3. The predicted molar refractivity (Wildman–Crippen MR) is 85.8 cm³/mol. The Morgan fingerprint density at radius 2 is 2.50 bits per heavy atom. The van der Waals surface area contributed by atoms with E-state index >= 15 is 0 Å². The lowest BCUT2D eigenvalue weighted by atomic mass is 9.88. The van der Waals surface area contributed by atoms with Crippen molar-refractivity contribution in [1.29, 1.82) is 0 Å². The van der Waals surface area contributed by atoms with E-state index in [0.29, 0.717) is 18.7 Å². The van der Waals surface area contributed by atoms with Crippen molar-refractivity contribution in [2.24, 2.45) is 5.16 Å². The van der Waals surface area contributed by atoms with Crippen LogP contribution in [-0.4, -0.2) is 46.7 Å². The molecule has 0 bridgehead atoms. The SMILES string of the molecule is CCCNC(=O)C1=NO[C@]2(CCCN(Cc3nccs3)C2)C1. The Bertz CT molecular complexity index is 546.